The highest BCUT2D eigenvalue weighted by atomic mass is 32.2. The molecule has 0 spiro atoms. The van der Waals surface area contributed by atoms with E-state index in [1.54, 1.807) is 4.90 Å². The van der Waals surface area contributed by atoms with E-state index in [-0.39, 0.29) is 48.3 Å². The van der Waals surface area contributed by atoms with Crippen LogP contribution in [-0.4, -0.2) is 102 Å². The van der Waals surface area contributed by atoms with E-state index in [4.69, 9.17) is 9.47 Å². The minimum atomic E-state index is -3.86. The Morgan fingerprint density at radius 3 is 2.30 bits per heavy atom. The number of hydrogen-bond donors (Lipinski definition) is 0. The Hall–Kier alpha value is -1.73. The fourth-order valence-electron chi connectivity index (χ4n) is 3.55. The maximum atomic E-state index is 13.1. The van der Waals surface area contributed by atoms with Crippen LogP contribution in [0.4, 0.5) is 0 Å². The van der Waals surface area contributed by atoms with Crippen molar-refractivity contribution >= 4 is 26.0 Å². The molecule has 30 heavy (non-hydrogen) atoms. The average Bonchev–Trinajstić information content (AvgIpc) is 3.00. The molecule has 2 aliphatic heterocycles. The molecule has 3 rings (SSSR count). The molecular weight excluding hydrogens is 434 g/mol. The summed E-state index contributed by atoms with van der Waals surface area (Å²) in [4.78, 5) is 14.5. The van der Waals surface area contributed by atoms with Crippen LogP contribution >= 0.6 is 0 Å². The minimum absolute atomic E-state index is 0.0645. The summed E-state index contributed by atoms with van der Waals surface area (Å²) in [6, 6.07) is 4.34. The van der Waals surface area contributed by atoms with Gasteiger partial charge in [-0.2, -0.15) is 4.31 Å². The van der Waals surface area contributed by atoms with Crippen LogP contribution in [0.1, 0.15) is 16.8 Å². The number of hydrogen-bond acceptors (Lipinski definition) is 7. The zero-order valence-corrected chi connectivity index (χ0v) is 18.7. The van der Waals surface area contributed by atoms with Crippen molar-refractivity contribution in [2.75, 3.05) is 65.8 Å². The molecule has 168 valence electrons. The van der Waals surface area contributed by atoms with Crippen molar-refractivity contribution in [3.63, 3.8) is 0 Å². The molecule has 0 saturated carbocycles. The van der Waals surface area contributed by atoms with Gasteiger partial charge in [-0.1, -0.05) is 0 Å². The van der Waals surface area contributed by atoms with Crippen molar-refractivity contribution < 1.29 is 31.1 Å². The molecule has 12 heteroatoms. The molecule has 0 atom stereocenters. The standard InChI is InChI=1S/C18H27N3O7S2/c1-27-16-5-4-15(14-17(16)30(25,26)21-10-12-28-13-11-21)18(22)19-6-3-7-20(9-8-19)29(2,23)24/h4-5,14H,3,6-13H2,1-2H3. The average molecular weight is 462 g/mol. The predicted molar refractivity (Wildman–Crippen MR) is 110 cm³/mol. The third-order valence-corrected chi connectivity index (χ3v) is 8.43. The third-order valence-electron chi connectivity index (χ3n) is 5.21. The molecule has 0 N–H and O–H groups in total. The lowest BCUT2D eigenvalue weighted by Gasteiger charge is -2.27. The molecule has 2 aliphatic rings. The second kappa shape index (κ2) is 9.18. The van der Waals surface area contributed by atoms with Gasteiger partial charge in [0.1, 0.15) is 10.6 Å². The van der Waals surface area contributed by atoms with Crippen molar-refractivity contribution in [2.24, 2.45) is 0 Å². The molecule has 0 unspecified atom stereocenters. The van der Waals surface area contributed by atoms with E-state index in [9.17, 15) is 21.6 Å². The van der Waals surface area contributed by atoms with Gasteiger partial charge >= 0.3 is 0 Å². The fraction of sp³-hybridized carbons (Fsp3) is 0.611. The first kappa shape index (κ1) is 22.9. The van der Waals surface area contributed by atoms with Crippen molar-refractivity contribution in [2.45, 2.75) is 11.3 Å². The summed E-state index contributed by atoms with van der Waals surface area (Å²) in [6.45, 7) is 2.28. The van der Waals surface area contributed by atoms with Gasteiger partial charge in [-0.15, -0.1) is 0 Å². The summed E-state index contributed by atoms with van der Waals surface area (Å²) in [6.07, 6.45) is 1.66. The number of rotatable bonds is 5. The summed E-state index contributed by atoms with van der Waals surface area (Å²) in [7, 11) is -5.80. The molecule has 1 aromatic rings. The number of carbonyl (C=O) groups excluding carboxylic acids is 1. The zero-order valence-electron chi connectivity index (χ0n) is 17.1. The number of amides is 1. The number of benzene rings is 1. The highest BCUT2D eigenvalue weighted by Crippen LogP contribution is 2.29. The smallest absolute Gasteiger partial charge is 0.253 e. The normalized spacial score (nSPS) is 20.0. The maximum absolute atomic E-state index is 13.1. The van der Waals surface area contributed by atoms with Gasteiger partial charge in [0.2, 0.25) is 20.0 Å². The fourth-order valence-corrected chi connectivity index (χ4v) is 6.01. The minimum Gasteiger partial charge on any atom is -0.495 e. The number of sulfonamides is 2. The Balaban J connectivity index is 1.86. The van der Waals surface area contributed by atoms with E-state index in [0.717, 1.165) is 6.26 Å². The molecule has 2 saturated heterocycles. The van der Waals surface area contributed by atoms with Crippen molar-refractivity contribution in [3.8, 4) is 5.75 Å². The number of ether oxygens (including phenoxy) is 2. The van der Waals surface area contributed by atoms with Gasteiger partial charge in [0.05, 0.1) is 26.6 Å². The molecule has 1 amide bonds. The van der Waals surface area contributed by atoms with Crippen LogP contribution in [0.3, 0.4) is 0 Å². The molecule has 0 aromatic heterocycles. The summed E-state index contributed by atoms with van der Waals surface area (Å²) >= 11 is 0. The van der Waals surface area contributed by atoms with Crippen LogP contribution in [0.25, 0.3) is 0 Å². The van der Waals surface area contributed by atoms with Gasteiger partial charge in [-0.25, -0.2) is 21.1 Å². The first-order valence-corrected chi connectivity index (χ1v) is 12.9. The molecule has 2 heterocycles. The third kappa shape index (κ3) is 4.94. The van der Waals surface area contributed by atoms with E-state index in [0.29, 0.717) is 32.7 Å². The van der Waals surface area contributed by atoms with Crippen LogP contribution in [0.2, 0.25) is 0 Å². The predicted octanol–water partition coefficient (Wildman–Crippen LogP) is -0.176. The Bertz CT molecular complexity index is 989. The van der Waals surface area contributed by atoms with E-state index in [1.807, 2.05) is 0 Å². The zero-order chi connectivity index (χ0) is 21.9. The van der Waals surface area contributed by atoms with Gasteiger partial charge < -0.3 is 14.4 Å². The lowest BCUT2D eigenvalue weighted by Crippen LogP contribution is -2.41. The highest BCUT2D eigenvalue weighted by Gasteiger charge is 2.31. The quantitative estimate of drug-likeness (QED) is 0.598. The van der Waals surface area contributed by atoms with Crippen molar-refractivity contribution in [1.29, 1.82) is 0 Å². The van der Waals surface area contributed by atoms with Crippen LogP contribution in [-0.2, 0) is 24.8 Å². The molecule has 0 bridgehead atoms. The lowest BCUT2D eigenvalue weighted by molar-refractivity contribution is 0.0729. The van der Waals surface area contributed by atoms with Crippen LogP contribution in [0.5, 0.6) is 5.75 Å². The van der Waals surface area contributed by atoms with E-state index in [1.165, 1.54) is 33.9 Å². The van der Waals surface area contributed by atoms with Gasteiger partial charge in [-0.05, 0) is 24.6 Å². The molecule has 2 fully saturated rings. The molecule has 10 nitrogen and oxygen atoms in total. The van der Waals surface area contributed by atoms with Crippen LogP contribution in [0.15, 0.2) is 23.1 Å². The maximum Gasteiger partial charge on any atom is 0.253 e. The van der Waals surface area contributed by atoms with E-state index in [2.05, 4.69) is 0 Å². The highest BCUT2D eigenvalue weighted by molar-refractivity contribution is 7.89. The van der Waals surface area contributed by atoms with Crippen molar-refractivity contribution in [1.82, 2.24) is 13.5 Å². The first-order chi connectivity index (χ1) is 14.1. The Kier molecular flexibility index (Phi) is 7.02. The van der Waals surface area contributed by atoms with Crippen LogP contribution < -0.4 is 4.74 Å². The molecular formula is C18H27N3O7S2. The van der Waals surface area contributed by atoms with Crippen molar-refractivity contribution in [3.05, 3.63) is 23.8 Å². The summed E-state index contributed by atoms with van der Waals surface area (Å²) < 4.78 is 63.0. The van der Waals surface area contributed by atoms with Gasteiger partial charge in [-0.3, -0.25) is 4.79 Å². The first-order valence-electron chi connectivity index (χ1n) is 9.65. The second-order valence-corrected chi connectivity index (χ2v) is 11.1. The number of nitrogens with zero attached hydrogens (tertiary/aromatic N) is 3. The lowest BCUT2D eigenvalue weighted by atomic mass is 10.2. The van der Waals surface area contributed by atoms with Gasteiger partial charge in [0, 0.05) is 44.8 Å². The molecule has 0 aliphatic carbocycles. The second-order valence-electron chi connectivity index (χ2n) is 7.19. The number of morpholine rings is 1. The summed E-state index contributed by atoms with van der Waals surface area (Å²) in [5.74, 6) is -0.177. The summed E-state index contributed by atoms with van der Waals surface area (Å²) in [5.41, 5.74) is 0.218. The summed E-state index contributed by atoms with van der Waals surface area (Å²) in [5, 5.41) is 0. The van der Waals surface area contributed by atoms with Gasteiger partial charge in [0.25, 0.3) is 5.91 Å². The number of carbonyl (C=O) groups is 1. The monoisotopic (exact) mass is 461 g/mol. The SMILES string of the molecule is COc1ccc(C(=O)N2CCCN(S(C)(=O)=O)CC2)cc1S(=O)(=O)N1CCOCC1. The van der Waals surface area contributed by atoms with Gasteiger partial charge in [0.15, 0.2) is 0 Å². The number of methoxy groups -OCH3 is 1. The molecule has 1 aromatic carbocycles. The largest absolute Gasteiger partial charge is 0.495 e. The Morgan fingerprint density at radius 1 is 0.967 bits per heavy atom. The molecule has 0 radical (unpaired) electrons. The van der Waals surface area contributed by atoms with Crippen LogP contribution in [0, 0.1) is 0 Å². The topological polar surface area (TPSA) is 114 Å². The van der Waals surface area contributed by atoms with E-state index >= 15 is 0 Å². The van der Waals surface area contributed by atoms with E-state index < -0.39 is 20.0 Å². The Morgan fingerprint density at radius 2 is 1.67 bits per heavy atom. The Labute approximate surface area is 177 Å².